The van der Waals surface area contributed by atoms with E-state index in [2.05, 4.69) is 4.98 Å². The number of rotatable bonds is 1. The molecule has 0 fully saturated rings. The van der Waals surface area contributed by atoms with Crippen LogP contribution in [0.5, 0.6) is 0 Å². The minimum absolute atomic E-state index is 0.133. The Hall–Kier alpha value is -1.62. The van der Waals surface area contributed by atoms with Crippen LogP contribution in [-0.2, 0) is 0 Å². The van der Waals surface area contributed by atoms with E-state index in [9.17, 15) is 10.4 Å². The first-order valence-corrected chi connectivity index (χ1v) is 5.52. The topological polar surface area (TPSA) is 65.3 Å². The predicted octanol–water partition coefficient (Wildman–Crippen LogP) is 1.71. The monoisotopic (exact) mass is 234 g/mol. The Bertz CT molecular complexity index is 466. The fourth-order valence-electron chi connectivity index (χ4n) is 1.84. The van der Waals surface area contributed by atoms with E-state index in [4.69, 9.17) is 0 Å². The fourth-order valence-corrected chi connectivity index (χ4v) is 1.84. The van der Waals surface area contributed by atoms with Crippen molar-refractivity contribution in [1.82, 2.24) is 10.0 Å². The van der Waals surface area contributed by atoms with Crippen LogP contribution in [0.1, 0.15) is 33.3 Å². The van der Waals surface area contributed by atoms with Gasteiger partial charge in [0, 0.05) is 12.4 Å². The molecule has 1 aromatic rings. The molecule has 2 rings (SSSR count). The fraction of sp³-hybridized carbons (Fsp3) is 0.500. The Balaban J connectivity index is 2.59. The van der Waals surface area contributed by atoms with Gasteiger partial charge in [0.25, 0.3) is 5.84 Å². The maximum absolute atomic E-state index is 12.3. The summed E-state index contributed by atoms with van der Waals surface area (Å²) >= 11 is 0. The molecule has 5 heteroatoms. The van der Waals surface area contributed by atoms with E-state index in [1.54, 1.807) is 46.0 Å². The smallest absolute Gasteiger partial charge is 0.280 e. The third-order valence-electron chi connectivity index (χ3n) is 3.82. The second kappa shape index (κ2) is 3.43. The van der Waals surface area contributed by atoms with Gasteiger partial charge in [0.1, 0.15) is 11.1 Å². The summed E-state index contributed by atoms with van der Waals surface area (Å²) in [4.78, 5) is 3.94. The molecule has 0 saturated heterocycles. The molecule has 1 aliphatic rings. The van der Waals surface area contributed by atoms with E-state index in [1.807, 2.05) is 0 Å². The van der Waals surface area contributed by atoms with Crippen molar-refractivity contribution in [2.24, 2.45) is 0 Å². The van der Waals surface area contributed by atoms with Crippen LogP contribution >= 0.6 is 0 Å². The average molecular weight is 234 g/mol. The second-order valence-electron chi connectivity index (χ2n) is 5.27. The molecule has 0 aromatic carbocycles. The number of nitrogens with zero attached hydrogens (tertiary/aromatic N) is 3. The van der Waals surface area contributed by atoms with Gasteiger partial charge in [0.2, 0.25) is 0 Å². The molecule has 0 radical (unpaired) electrons. The SMILES string of the molecule is CC1(C)N([O-])C(c2cccnc2)=[N+]([O-])C1(C)C. The summed E-state index contributed by atoms with van der Waals surface area (Å²) in [6.07, 6.45) is 3.14. The maximum atomic E-state index is 12.3. The highest BCUT2D eigenvalue weighted by Crippen LogP contribution is 2.37. The first kappa shape index (κ1) is 11.9. The minimum Gasteiger partial charge on any atom is -0.715 e. The van der Waals surface area contributed by atoms with Crippen LogP contribution in [0.3, 0.4) is 0 Å². The molecule has 0 saturated carbocycles. The summed E-state index contributed by atoms with van der Waals surface area (Å²) in [5.74, 6) is 0.133. The van der Waals surface area contributed by atoms with Crippen LogP contribution in [-0.4, -0.2) is 31.7 Å². The Morgan fingerprint density at radius 3 is 2.35 bits per heavy atom. The molecule has 1 aliphatic heterocycles. The quantitative estimate of drug-likeness (QED) is 0.548. The Morgan fingerprint density at radius 2 is 1.94 bits per heavy atom. The summed E-state index contributed by atoms with van der Waals surface area (Å²) in [6, 6.07) is 3.43. The highest BCUT2D eigenvalue weighted by Gasteiger charge is 2.54. The van der Waals surface area contributed by atoms with Crippen LogP contribution in [0.25, 0.3) is 0 Å². The largest absolute Gasteiger partial charge is 0.715 e. The van der Waals surface area contributed by atoms with Gasteiger partial charge in [0.05, 0.1) is 5.56 Å². The molecule has 2 heterocycles. The van der Waals surface area contributed by atoms with Crippen molar-refractivity contribution in [1.29, 1.82) is 0 Å². The molecular weight excluding hydrogens is 218 g/mol. The lowest BCUT2D eigenvalue weighted by Crippen LogP contribution is -2.52. The summed E-state index contributed by atoms with van der Waals surface area (Å²) in [5.41, 5.74) is -1.00. The highest BCUT2D eigenvalue weighted by atomic mass is 16.5. The van der Waals surface area contributed by atoms with Crippen molar-refractivity contribution in [3.8, 4) is 0 Å². The predicted molar refractivity (Wildman–Crippen MR) is 65.3 cm³/mol. The van der Waals surface area contributed by atoms with E-state index in [1.165, 1.54) is 6.20 Å². The van der Waals surface area contributed by atoms with Crippen LogP contribution in [0.15, 0.2) is 24.5 Å². The number of amidine groups is 1. The zero-order chi connectivity index (χ0) is 12.8. The number of hydroxylamine groups is 3. The van der Waals surface area contributed by atoms with Gasteiger partial charge < -0.3 is 10.4 Å². The number of aromatic nitrogens is 1. The van der Waals surface area contributed by atoms with E-state index >= 15 is 0 Å². The molecule has 17 heavy (non-hydrogen) atoms. The number of hydrogen-bond donors (Lipinski definition) is 0. The third kappa shape index (κ3) is 1.42. The lowest BCUT2D eigenvalue weighted by molar-refractivity contribution is -0.539. The van der Waals surface area contributed by atoms with E-state index in [0.717, 1.165) is 9.80 Å². The third-order valence-corrected chi connectivity index (χ3v) is 3.82. The lowest BCUT2D eigenvalue weighted by atomic mass is 9.84. The normalized spacial score (nSPS) is 22.1. The van der Waals surface area contributed by atoms with Crippen molar-refractivity contribution in [2.75, 3.05) is 0 Å². The second-order valence-corrected chi connectivity index (χ2v) is 5.27. The molecule has 0 unspecified atom stereocenters. The van der Waals surface area contributed by atoms with Gasteiger partial charge in [0.15, 0.2) is 0 Å². The maximum Gasteiger partial charge on any atom is 0.280 e. The van der Waals surface area contributed by atoms with E-state index in [0.29, 0.717) is 5.56 Å². The molecule has 0 atom stereocenters. The van der Waals surface area contributed by atoms with Crippen molar-refractivity contribution in [2.45, 2.75) is 38.8 Å². The lowest BCUT2D eigenvalue weighted by Gasteiger charge is -2.39. The molecular formula is C12H16N3O2-. The van der Waals surface area contributed by atoms with Crippen LogP contribution in [0.4, 0.5) is 0 Å². The highest BCUT2D eigenvalue weighted by molar-refractivity contribution is 5.96. The minimum atomic E-state index is -0.778. The van der Waals surface area contributed by atoms with Crippen LogP contribution in [0, 0.1) is 10.4 Å². The molecule has 0 N–H and O–H groups in total. The first-order valence-electron chi connectivity index (χ1n) is 5.52. The van der Waals surface area contributed by atoms with Gasteiger partial charge >= 0.3 is 0 Å². The standard InChI is InChI=1S/C12H16N3O2/c1-11(2)12(3,4)15(17)10(14(11)16)9-6-5-7-13-8-9/h5-8H,1-4H3/q-1. The molecule has 5 nitrogen and oxygen atoms in total. The zero-order valence-electron chi connectivity index (χ0n) is 10.5. The van der Waals surface area contributed by atoms with Gasteiger partial charge in [-0.15, -0.1) is 0 Å². The number of hydrogen-bond acceptors (Lipinski definition) is 4. The summed E-state index contributed by atoms with van der Waals surface area (Å²) < 4.78 is 0.789. The summed E-state index contributed by atoms with van der Waals surface area (Å²) in [7, 11) is 0. The molecule has 1 aromatic heterocycles. The van der Waals surface area contributed by atoms with Crippen LogP contribution in [0.2, 0.25) is 0 Å². The van der Waals surface area contributed by atoms with E-state index in [-0.39, 0.29) is 5.84 Å². The molecule has 0 aliphatic carbocycles. The Kier molecular flexibility index (Phi) is 2.39. The van der Waals surface area contributed by atoms with Gasteiger partial charge in [-0.1, -0.05) is 0 Å². The molecule has 0 amide bonds. The Morgan fingerprint density at radius 1 is 1.29 bits per heavy atom. The molecule has 0 bridgehead atoms. The van der Waals surface area contributed by atoms with Crippen molar-refractivity contribution < 1.29 is 4.74 Å². The number of pyridine rings is 1. The summed E-state index contributed by atoms with van der Waals surface area (Å²) in [6.45, 7) is 7.09. The molecule has 0 spiro atoms. The molecule has 92 valence electrons. The van der Waals surface area contributed by atoms with Gasteiger partial charge in [-0.05, 0) is 39.8 Å². The van der Waals surface area contributed by atoms with Gasteiger partial charge in [-0.2, -0.15) is 0 Å². The van der Waals surface area contributed by atoms with Crippen LogP contribution < -0.4 is 0 Å². The van der Waals surface area contributed by atoms with Crippen molar-refractivity contribution >= 4 is 5.84 Å². The van der Waals surface area contributed by atoms with Crippen molar-refractivity contribution in [3.63, 3.8) is 0 Å². The van der Waals surface area contributed by atoms with E-state index < -0.39 is 11.1 Å². The Labute approximate surface area is 101 Å². The van der Waals surface area contributed by atoms with Gasteiger partial charge in [-0.3, -0.25) is 14.8 Å². The summed E-state index contributed by atoms with van der Waals surface area (Å²) in [5, 5.41) is 25.3. The average Bonchev–Trinajstić information content (AvgIpc) is 2.40. The van der Waals surface area contributed by atoms with Crippen molar-refractivity contribution in [3.05, 3.63) is 40.5 Å². The zero-order valence-corrected chi connectivity index (χ0v) is 10.5. The van der Waals surface area contributed by atoms with Gasteiger partial charge in [-0.25, -0.2) is 0 Å². The first-order chi connectivity index (χ1) is 7.80.